The Hall–Kier alpha value is -0.850. The maximum atomic E-state index is 12.9. The first-order valence-electron chi connectivity index (χ1n) is 6.96. The van der Waals surface area contributed by atoms with Gasteiger partial charge in [-0.3, -0.25) is 0 Å². The summed E-state index contributed by atoms with van der Waals surface area (Å²) in [6.45, 7) is 0. The summed E-state index contributed by atoms with van der Waals surface area (Å²) in [5.41, 5.74) is 0.776. The van der Waals surface area contributed by atoms with Gasteiger partial charge in [-0.05, 0) is 25.2 Å². The van der Waals surface area contributed by atoms with E-state index in [1.807, 2.05) is 0 Å². The molecule has 1 aromatic rings. The minimum absolute atomic E-state index is 0.0118. The lowest BCUT2D eigenvalue weighted by molar-refractivity contribution is -0.185. The van der Waals surface area contributed by atoms with Crippen LogP contribution >= 0.6 is 15.9 Å². The number of halogens is 4. The Labute approximate surface area is 130 Å². The van der Waals surface area contributed by atoms with Crippen molar-refractivity contribution < 1.29 is 17.9 Å². The maximum Gasteiger partial charge on any atom is 0.391 e. The lowest BCUT2D eigenvalue weighted by Gasteiger charge is -2.33. The molecule has 1 saturated carbocycles. The summed E-state index contributed by atoms with van der Waals surface area (Å²) in [6, 6.07) is 1.72. The number of hydrogen-bond acceptors (Lipinski definition) is 3. The average Bonchev–Trinajstić information content (AvgIpc) is 2.46. The summed E-state index contributed by atoms with van der Waals surface area (Å²) in [7, 11) is 1.52. The number of nitrogens with zero attached hydrogens (tertiary/aromatic N) is 2. The van der Waals surface area contributed by atoms with Crippen molar-refractivity contribution in [3.8, 4) is 5.88 Å². The Bertz CT molecular complexity index is 470. The fraction of sp³-hybridized carbons (Fsp3) is 0.714. The van der Waals surface area contributed by atoms with Crippen molar-refractivity contribution in [2.75, 3.05) is 7.11 Å². The molecule has 1 fully saturated rings. The lowest BCUT2D eigenvalue weighted by Crippen LogP contribution is -2.32. The van der Waals surface area contributed by atoms with E-state index in [-0.39, 0.29) is 23.6 Å². The van der Waals surface area contributed by atoms with Crippen LogP contribution in [0.5, 0.6) is 5.88 Å². The van der Waals surface area contributed by atoms with Gasteiger partial charge in [0, 0.05) is 23.0 Å². The summed E-state index contributed by atoms with van der Waals surface area (Å²) in [5, 5.41) is 0. The fourth-order valence-electron chi connectivity index (χ4n) is 2.82. The molecule has 7 heteroatoms. The molecular weight excluding hydrogens is 349 g/mol. The van der Waals surface area contributed by atoms with Gasteiger partial charge in [0.1, 0.15) is 6.33 Å². The molecule has 0 saturated heterocycles. The smallest absolute Gasteiger partial charge is 0.391 e. The van der Waals surface area contributed by atoms with Crippen molar-refractivity contribution in [3.05, 3.63) is 18.1 Å². The third-order valence-corrected chi connectivity index (χ3v) is 5.07. The van der Waals surface area contributed by atoms with E-state index in [1.54, 1.807) is 6.07 Å². The molecule has 1 heterocycles. The highest BCUT2D eigenvalue weighted by Crippen LogP contribution is 2.42. The van der Waals surface area contributed by atoms with Gasteiger partial charge in [0.2, 0.25) is 5.88 Å². The molecule has 0 radical (unpaired) electrons. The molecule has 0 aliphatic heterocycles. The summed E-state index contributed by atoms with van der Waals surface area (Å²) in [4.78, 5) is 8.06. The molecule has 1 aliphatic rings. The molecule has 3 unspecified atom stereocenters. The number of aromatic nitrogens is 2. The zero-order chi connectivity index (χ0) is 15.5. The van der Waals surface area contributed by atoms with Crippen LogP contribution < -0.4 is 4.74 Å². The van der Waals surface area contributed by atoms with Crippen LogP contribution in [0.2, 0.25) is 0 Å². The van der Waals surface area contributed by atoms with Gasteiger partial charge in [0.05, 0.1) is 13.0 Å². The van der Waals surface area contributed by atoms with E-state index in [1.165, 1.54) is 13.4 Å². The number of alkyl halides is 4. The van der Waals surface area contributed by atoms with Gasteiger partial charge in [-0.1, -0.05) is 22.4 Å². The van der Waals surface area contributed by atoms with Gasteiger partial charge in [-0.2, -0.15) is 13.2 Å². The van der Waals surface area contributed by atoms with E-state index in [4.69, 9.17) is 4.74 Å². The SMILES string of the molecule is COc1cc(CC(Br)C2CCCC(C(F)(F)F)C2)ncn1. The van der Waals surface area contributed by atoms with Crippen LogP contribution in [0.15, 0.2) is 12.4 Å². The Kier molecular flexibility index (Phi) is 5.46. The average molecular weight is 367 g/mol. The van der Waals surface area contributed by atoms with Gasteiger partial charge in [0.15, 0.2) is 0 Å². The second-order valence-electron chi connectivity index (χ2n) is 5.44. The molecule has 0 amide bonds. The van der Waals surface area contributed by atoms with E-state index in [9.17, 15) is 13.2 Å². The second-order valence-corrected chi connectivity index (χ2v) is 6.61. The quantitative estimate of drug-likeness (QED) is 0.750. The zero-order valence-electron chi connectivity index (χ0n) is 11.7. The molecule has 21 heavy (non-hydrogen) atoms. The van der Waals surface area contributed by atoms with E-state index < -0.39 is 12.1 Å². The van der Waals surface area contributed by atoms with E-state index in [0.29, 0.717) is 18.7 Å². The van der Waals surface area contributed by atoms with Gasteiger partial charge in [-0.25, -0.2) is 9.97 Å². The van der Waals surface area contributed by atoms with Crippen LogP contribution in [-0.4, -0.2) is 28.1 Å². The summed E-state index contributed by atoms with van der Waals surface area (Å²) < 4.78 is 43.6. The highest BCUT2D eigenvalue weighted by molar-refractivity contribution is 9.09. The molecule has 0 spiro atoms. The van der Waals surface area contributed by atoms with Crippen molar-refractivity contribution in [3.63, 3.8) is 0 Å². The number of hydrogen-bond donors (Lipinski definition) is 0. The Morgan fingerprint density at radius 2 is 2.14 bits per heavy atom. The van der Waals surface area contributed by atoms with Gasteiger partial charge >= 0.3 is 6.18 Å². The van der Waals surface area contributed by atoms with Gasteiger partial charge < -0.3 is 4.74 Å². The van der Waals surface area contributed by atoms with Crippen LogP contribution in [0.4, 0.5) is 13.2 Å². The molecule has 0 aromatic carbocycles. The summed E-state index contributed by atoms with van der Waals surface area (Å²) in [5.74, 6) is -0.681. The van der Waals surface area contributed by atoms with E-state index >= 15 is 0 Å². The molecule has 3 nitrogen and oxygen atoms in total. The first kappa shape index (κ1) is 16.5. The van der Waals surface area contributed by atoms with E-state index in [2.05, 4.69) is 25.9 Å². The minimum Gasteiger partial charge on any atom is -0.481 e. The van der Waals surface area contributed by atoms with Crippen LogP contribution in [0.1, 0.15) is 31.4 Å². The molecule has 0 bridgehead atoms. The molecule has 2 rings (SSSR count). The number of methoxy groups -OCH3 is 1. The van der Waals surface area contributed by atoms with E-state index in [0.717, 1.165) is 12.1 Å². The number of rotatable bonds is 4. The highest BCUT2D eigenvalue weighted by atomic mass is 79.9. The predicted molar refractivity (Wildman–Crippen MR) is 76.5 cm³/mol. The normalized spacial score (nSPS) is 24.6. The fourth-order valence-corrected chi connectivity index (χ4v) is 3.63. The largest absolute Gasteiger partial charge is 0.481 e. The van der Waals surface area contributed by atoms with Crippen molar-refractivity contribution >= 4 is 15.9 Å². The van der Waals surface area contributed by atoms with Crippen molar-refractivity contribution in [2.24, 2.45) is 11.8 Å². The molecule has 118 valence electrons. The van der Waals surface area contributed by atoms with Gasteiger partial charge in [-0.15, -0.1) is 0 Å². The standard InChI is InChI=1S/C14H18BrF3N2O/c1-21-13-7-11(19-8-20-13)6-12(15)9-3-2-4-10(5-9)14(16,17)18/h7-10,12H,2-6H2,1H3. The lowest BCUT2D eigenvalue weighted by atomic mass is 9.79. The molecule has 3 atom stereocenters. The summed E-state index contributed by atoms with van der Waals surface area (Å²) in [6.07, 6.45) is -0.192. The van der Waals surface area contributed by atoms with Crippen molar-refractivity contribution in [2.45, 2.75) is 43.1 Å². The molecular formula is C14H18BrF3N2O. The Morgan fingerprint density at radius 1 is 1.38 bits per heavy atom. The predicted octanol–water partition coefficient (Wildman–Crippen LogP) is 4.16. The van der Waals surface area contributed by atoms with Crippen LogP contribution in [0.3, 0.4) is 0 Å². The first-order chi connectivity index (χ1) is 9.90. The van der Waals surface area contributed by atoms with Crippen molar-refractivity contribution in [1.82, 2.24) is 9.97 Å². The zero-order valence-corrected chi connectivity index (χ0v) is 13.3. The Balaban J connectivity index is 1.97. The highest BCUT2D eigenvalue weighted by Gasteiger charge is 2.43. The van der Waals surface area contributed by atoms with Crippen molar-refractivity contribution in [1.29, 1.82) is 0 Å². The third-order valence-electron chi connectivity index (χ3n) is 4.00. The van der Waals surface area contributed by atoms with Crippen LogP contribution in [0.25, 0.3) is 0 Å². The number of ether oxygens (including phenoxy) is 1. The topological polar surface area (TPSA) is 35.0 Å². The first-order valence-corrected chi connectivity index (χ1v) is 7.87. The minimum atomic E-state index is -4.08. The van der Waals surface area contributed by atoms with Crippen LogP contribution in [0, 0.1) is 11.8 Å². The third kappa shape index (κ3) is 4.56. The Morgan fingerprint density at radius 3 is 2.81 bits per heavy atom. The van der Waals surface area contributed by atoms with Gasteiger partial charge in [0.25, 0.3) is 0 Å². The molecule has 0 N–H and O–H groups in total. The molecule has 1 aliphatic carbocycles. The molecule has 1 aromatic heterocycles. The van der Waals surface area contributed by atoms with Crippen LogP contribution in [-0.2, 0) is 6.42 Å². The maximum absolute atomic E-state index is 12.9. The second kappa shape index (κ2) is 6.94. The summed E-state index contributed by atoms with van der Waals surface area (Å²) >= 11 is 3.55. The monoisotopic (exact) mass is 366 g/mol.